The zero-order chi connectivity index (χ0) is 32.0. The van der Waals surface area contributed by atoms with Gasteiger partial charge in [-0.1, -0.05) is 25.5 Å². The van der Waals surface area contributed by atoms with Gasteiger partial charge in [-0.2, -0.15) is 5.10 Å². The molecule has 1 aliphatic carbocycles. The molecule has 5 aromatic rings. The molecule has 1 saturated carbocycles. The molecule has 0 unspecified atom stereocenters. The minimum absolute atomic E-state index is 0.327. The zero-order valence-electron chi connectivity index (χ0n) is 26.8. The maximum atomic E-state index is 14.7. The highest BCUT2D eigenvalue weighted by Gasteiger charge is 2.17. The summed E-state index contributed by atoms with van der Waals surface area (Å²) in [6, 6.07) is 7.08. The first-order chi connectivity index (χ1) is 22.4. The van der Waals surface area contributed by atoms with Crippen molar-refractivity contribution in [2.45, 2.75) is 39.2 Å². The van der Waals surface area contributed by atoms with Crippen LogP contribution in [-0.4, -0.2) is 68.8 Å². The van der Waals surface area contributed by atoms with Crippen LogP contribution in [0.1, 0.15) is 43.7 Å². The molecule has 4 heterocycles. The van der Waals surface area contributed by atoms with Crippen molar-refractivity contribution in [2.24, 2.45) is 5.92 Å². The lowest BCUT2D eigenvalue weighted by Crippen LogP contribution is -2.23. The Morgan fingerprint density at radius 3 is 2.72 bits per heavy atom. The molecule has 0 saturated heterocycles. The van der Waals surface area contributed by atoms with E-state index in [2.05, 4.69) is 53.3 Å². The lowest BCUT2D eigenvalue weighted by molar-refractivity contribution is 0.425. The summed E-state index contributed by atoms with van der Waals surface area (Å²) in [5.74, 6) is 1.04. The van der Waals surface area contributed by atoms with Gasteiger partial charge in [0.15, 0.2) is 5.82 Å². The predicted octanol–water partition coefficient (Wildman–Crippen LogP) is 5.10. The van der Waals surface area contributed by atoms with E-state index in [0.29, 0.717) is 34.8 Å². The number of fused-ring (bicyclic) bond motifs is 1. The van der Waals surface area contributed by atoms with E-state index in [4.69, 9.17) is 4.98 Å². The Balaban J connectivity index is 1.29. The SMILES string of the molecule is C=C(/C=c1/c(-c2nc3c(-c4cc(F)cc(NCCN(C)C)c4)cncc3[nH]2)n[nH]/c1=C/C)c1cncc(CNCC2CCCC2)c1. The molecular weight excluding hydrogens is 577 g/mol. The van der Waals surface area contributed by atoms with Crippen molar-refractivity contribution in [1.29, 1.82) is 0 Å². The van der Waals surface area contributed by atoms with E-state index in [1.54, 1.807) is 12.4 Å². The van der Waals surface area contributed by atoms with Crippen LogP contribution in [0, 0.1) is 11.7 Å². The van der Waals surface area contributed by atoms with Gasteiger partial charge in [0.1, 0.15) is 11.5 Å². The molecule has 0 aliphatic heterocycles. The Hall–Kier alpha value is -4.67. The number of aromatic nitrogens is 6. The number of anilines is 1. The average Bonchev–Trinajstić information content (AvgIpc) is 3.80. The van der Waals surface area contributed by atoms with E-state index >= 15 is 0 Å². The molecule has 0 atom stereocenters. The number of H-pyrrole nitrogens is 2. The predicted molar refractivity (Wildman–Crippen MR) is 185 cm³/mol. The summed E-state index contributed by atoms with van der Waals surface area (Å²) in [5, 5.41) is 16.4. The van der Waals surface area contributed by atoms with Crippen LogP contribution in [0.4, 0.5) is 10.1 Å². The summed E-state index contributed by atoms with van der Waals surface area (Å²) in [6.45, 7) is 9.70. The van der Waals surface area contributed by atoms with Crippen molar-refractivity contribution >= 4 is 34.4 Å². The molecule has 6 rings (SSSR count). The number of nitrogens with one attached hydrogen (secondary N) is 4. The van der Waals surface area contributed by atoms with Crippen molar-refractivity contribution in [2.75, 3.05) is 39.0 Å². The Bertz CT molecular complexity index is 1950. The normalized spacial score (nSPS) is 14.6. The molecule has 1 aliphatic rings. The fraction of sp³-hybridized carbons (Fsp3) is 0.333. The number of rotatable bonds is 12. The molecular formula is C36H42FN9. The smallest absolute Gasteiger partial charge is 0.159 e. The van der Waals surface area contributed by atoms with E-state index in [-0.39, 0.29) is 5.82 Å². The molecule has 4 N–H and O–H groups in total. The third-order valence-electron chi connectivity index (χ3n) is 8.56. The topological polar surface area (TPSA) is 110 Å². The van der Waals surface area contributed by atoms with Crippen molar-refractivity contribution in [3.63, 3.8) is 0 Å². The first kappa shape index (κ1) is 31.3. The number of hydrogen-bond acceptors (Lipinski definition) is 7. The van der Waals surface area contributed by atoms with Crippen molar-refractivity contribution in [1.82, 2.24) is 40.3 Å². The van der Waals surface area contributed by atoms with Gasteiger partial charge in [-0.05, 0) is 98.9 Å². The Labute approximate surface area is 268 Å². The van der Waals surface area contributed by atoms with Gasteiger partial charge >= 0.3 is 0 Å². The molecule has 238 valence electrons. The minimum Gasteiger partial charge on any atom is -0.384 e. The number of likely N-dealkylation sites (N-methyl/N-ethyl adjacent to an activating group) is 1. The fourth-order valence-electron chi connectivity index (χ4n) is 6.09. The molecule has 4 aromatic heterocycles. The van der Waals surface area contributed by atoms with E-state index in [1.807, 2.05) is 51.6 Å². The van der Waals surface area contributed by atoms with E-state index in [9.17, 15) is 4.39 Å². The Morgan fingerprint density at radius 2 is 1.91 bits per heavy atom. The monoisotopic (exact) mass is 619 g/mol. The molecule has 9 nitrogen and oxygen atoms in total. The van der Waals surface area contributed by atoms with Crippen LogP contribution in [0.25, 0.3) is 51.4 Å². The second-order valence-corrected chi connectivity index (χ2v) is 12.3. The second-order valence-electron chi connectivity index (χ2n) is 12.3. The molecule has 46 heavy (non-hydrogen) atoms. The van der Waals surface area contributed by atoms with Gasteiger partial charge in [-0.25, -0.2) is 9.37 Å². The van der Waals surface area contributed by atoms with Gasteiger partial charge in [0.25, 0.3) is 0 Å². The summed E-state index contributed by atoms with van der Waals surface area (Å²) in [7, 11) is 4.01. The maximum Gasteiger partial charge on any atom is 0.159 e. The third kappa shape index (κ3) is 7.24. The average molecular weight is 620 g/mol. The molecule has 0 spiro atoms. The van der Waals surface area contributed by atoms with Crippen LogP contribution < -0.4 is 21.2 Å². The minimum atomic E-state index is -0.327. The molecule has 10 heteroatoms. The summed E-state index contributed by atoms with van der Waals surface area (Å²) in [4.78, 5) is 19.4. The summed E-state index contributed by atoms with van der Waals surface area (Å²) < 4.78 is 14.7. The fourth-order valence-corrected chi connectivity index (χ4v) is 6.09. The molecule has 0 radical (unpaired) electrons. The van der Waals surface area contributed by atoms with Gasteiger partial charge in [0.05, 0.1) is 22.6 Å². The van der Waals surface area contributed by atoms with E-state index < -0.39 is 0 Å². The van der Waals surface area contributed by atoms with Crippen molar-refractivity contribution in [3.8, 4) is 22.6 Å². The highest BCUT2D eigenvalue weighted by Crippen LogP contribution is 2.30. The van der Waals surface area contributed by atoms with Gasteiger partial charge in [0.2, 0.25) is 0 Å². The number of pyridine rings is 2. The Kier molecular flexibility index (Phi) is 9.65. The molecule has 0 amide bonds. The number of imidazole rings is 1. The molecule has 1 aromatic carbocycles. The standard InChI is InChI=1S/C36H42FN9/c1-5-32-30(12-23(2)27-13-25(19-39-20-27)18-38-17-24-8-6-7-9-24)35(45-44-32)36-42-33-22-40-21-31(34(33)43-36)26-14-28(37)16-29(15-26)41-10-11-46(3)4/h5,12-16,19-22,24,38,41,44H,2,6-11,17-18H2,1,3-4H3,(H,42,43)/b30-12+,32-5+. The van der Waals surface area contributed by atoms with Gasteiger partial charge in [0, 0.05) is 54.7 Å². The number of benzene rings is 1. The van der Waals surface area contributed by atoms with Crippen molar-refractivity contribution in [3.05, 3.63) is 83.1 Å². The van der Waals surface area contributed by atoms with Crippen LogP contribution in [-0.2, 0) is 6.54 Å². The van der Waals surface area contributed by atoms with Gasteiger partial charge < -0.3 is 20.5 Å². The first-order valence-electron chi connectivity index (χ1n) is 16.0. The van der Waals surface area contributed by atoms with Gasteiger partial charge in [-0.15, -0.1) is 0 Å². The lowest BCUT2D eigenvalue weighted by Gasteiger charge is -2.12. The zero-order valence-corrected chi connectivity index (χ0v) is 26.8. The quantitative estimate of drug-likeness (QED) is 0.154. The number of aromatic amines is 2. The third-order valence-corrected chi connectivity index (χ3v) is 8.56. The van der Waals surface area contributed by atoms with Crippen molar-refractivity contribution < 1.29 is 4.39 Å². The van der Waals surface area contributed by atoms with Crippen LogP contribution in [0.3, 0.4) is 0 Å². The highest BCUT2D eigenvalue weighted by molar-refractivity contribution is 5.93. The number of halogens is 1. The Morgan fingerprint density at radius 1 is 1.09 bits per heavy atom. The summed E-state index contributed by atoms with van der Waals surface area (Å²) >= 11 is 0. The molecule has 0 bridgehead atoms. The van der Waals surface area contributed by atoms with Gasteiger partial charge in [-0.3, -0.25) is 15.1 Å². The van der Waals surface area contributed by atoms with Crippen LogP contribution in [0.2, 0.25) is 0 Å². The van der Waals surface area contributed by atoms with Crippen LogP contribution in [0.15, 0.2) is 55.6 Å². The highest BCUT2D eigenvalue weighted by atomic mass is 19.1. The second kappa shape index (κ2) is 14.2. The molecule has 1 fully saturated rings. The maximum absolute atomic E-state index is 14.7. The van der Waals surface area contributed by atoms with Crippen LogP contribution in [0.5, 0.6) is 0 Å². The largest absolute Gasteiger partial charge is 0.384 e. The number of hydrogen-bond donors (Lipinski definition) is 4. The summed E-state index contributed by atoms with van der Waals surface area (Å²) in [6.07, 6.45) is 16.5. The van der Waals surface area contributed by atoms with E-state index in [0.717, 1.165) is 63.9 Å². The number of nitrogens with zero attached hydrogens (tertiary/aromatic N) is 5. The number of allylic oxidation sites excluding steroid dienone is 1. The lowest BCUT2D eigenvalue weighted by atomic mass is 10.1. The van der Waals surface area contributed by atoms with E-state index in [1.165, 1.54) is 37.8 Å². The summed E-state index contributed by atoms with van der Waals surface area (Å²) in [5.41, 5.74) is 7.11. The first-order valence-corrected chi connectivity index (χ1v) is 16.0. The van der Waals surface area contributed by atoms with Crippen LogP contribution >= 0.6 is 0 Å².